The van der Waals surface area contributed by atoms with Crippen LogP contribution in [-0.4, -0.2) is 15.7 Å². The lowest BCUT2D eigenvalue weighted by atomic mass is 10.2. The monoisotopic (exact) mass is 284 g/mol. The van der Waals surface area contributed by atoms with Crippen LogP contribution in [0.2, 0.25) is 0 Å². The molecule has 1 aliphatic carbocycles. The largest absolute Gasteiger partial charge is 0.379 e. The van der Waals surface area contributed by atoms with Crippen LogP contribution in [0.15, 0.2) is 36.5 Å². The Hall–Kier alpha value is -2.30. The van der Waals surface area contributed by atoms with Crippen LogP contribution in [0.25, 0.3) is 0 Å². The molecular weight excluding hydrogens is 264 g/mol. The van der Waals surface area contributed by atoms with Gasteiger partial charge in [0.15, 0.2) is 0 Å². The summed E-state index contributed by atoms with van der Waals surface area (Å²) in [6.07, 6.45) is 3.85. The van der Waals surface area contributed by atoms with Crippen molar-refractivity contribution < 1.29 is 4.79 Å². The van der Waals surface area contributed by atoms with Gasteiger partial charge in [0.05, 0.1) is 12.2 Å². The molecule has 0 radical (unpaired) electrons. The van der Waals surface area contributed by atoms with Gasteiger partial charge in [0.2, 0.25) is 5.91 Å². The molecule has 0 saturated heterocycles. The van der Waals surface area contributed by atoms with Gasteiger partial charge >= 0.3 is 0 Å². The summed E-state index contributed by atoms with van der Waals surface area (Å²) in [6.45, 7) is 3.65. The van der Waals surface area contributed by atoms with Crippen LogP contribution < -0.4 is 10.6 Å². The molecule has 1 aliphatic rings. The number of rotatable bonds is 6. The van der Waals surface area contributed by atoms with E-state index in [0.717, 1.165) is 36.5 Å². The van der Waals surface area contributed by atoms with Crippen LogP contribution in [0.3, 0.4) is 0 Å². The molecule has 1 aromatic carbocycles. The third kappa shape index (κ3) is 3.42. The van der Waals surface area contributed by atoms with Crippen molar-refractivity contribution in [1.82, 2.24) is 9.78 Å². The van der Waals surface area contributed by atoms with Gasteiger partial charge in [-0.1, -0.05) is 6.07 Å². The van der Waals surface area contributed by atoms with Crippen molar-refractivity contribution in [2.24, 2.45) is 5.92 Å². The van der Waals surface area contributed by atoms with Gasteiger partial charge in [0.1, 0.15) is 0 Å². The molecule has 21 heavy (non-hydrogen) atoms. The molecule has 1 amide bonds. The van der Waals surface area contributed by atoms with Crippen LogP contribution >= 0.6 is 0 Å². The Morgan fingerprint density at radius 2 is 2.14 bits per heavy atom. The molecule has 2 N–H and O–H groups in total. The quantitative estimate of drug-likeness (QED) is 0.857. The number of hydrogen-bond acceptors (Lipinski definition) is 3. The number of benzene rings is 1. The number of amides is 1. The summed E-state index contributed by atoms with van der Waals surface area (Å²) in [4.78, 5) is 11.8. The zero-order valence-electron chi connectivity index (χ0n) is 12.2. The maximum absolute atomic E-state index is 11.8. The number of hydrogen-bond donors (Lipinski definition) is 2. The van der Waals surface area contributed by atoms with Crippen LogP contribution in [0.1, 0.15) is 25.5 Å². The molecule has 5 nitrogen and oxygen atoms in total. The highest BCUT2D eigenvalue weighted by Crippen LogP contribution is 2.30. The average Bonchev–Trinajstić information content (AvgIpc) is 3.25. The predicted octanol–water partition coefficient (Wildman–Crippen LogP) is 2.86. The molecule has 1 fully saturated rings. The number of anilines is 2. The Kier molecular flexibility index (Phi) is 3.90. The molecular formula is C16H20N4O. The van der Waals surface area contributed by atoms with Crippen molar-refractivity contribution in [2.45, 2.75) is 32.9 Å². The first-order valence-corrected chi connectivity index (χ1v) is 7.41. The fraction of sp³-hybridized carbons (Fsp3) is 0.375. The molecule has 0 spiro atoms. The van der Waals surface area contributed by atoms with Crippen molar-refractivity contribution in [3.63, 3.8) is 0 Å². The van der Waals surface area contributed by atoms with E-state index in [1.807, 2.05) is 41.2 Å². The second-order valence-electron chi connectivity index (χ2n) is 5.34. The zero-order valence-corrected chi connectivity index (χ0v) is 12.2. The normalized spacial score (nSPS) is 14.0. The number of aromatic nitrogens is 2. The second-order valence-corrected chi connectivity index (χ2v) is 5.34. The van der Waals surface area contributed by atoms with E-state index in [1.54, 1.807) is 0 Å². The van der Waals surface area contributed by atoms with E-state index in [-0.39, 0.29) is 11.8 Å². The van der Waals surface area contributed by atoms with E-state index in [9.17, 15) is 4.79 Å². The van der Waals surface area contributed by atoms with E-state index in [0.29, 0.717) is 6.54 Å². The summed E-state index contributed by atoms with van der Waals surface area (Å²) in [7, 11) is 0. The fourth-order valence-corrected chi connectivity index (χ4v) is 2.28. The topological polar surface area (TPSA) is 59.0 Å². The van der Waals surface area contributed by atoms with Crippen LogP contribution in [0.4, 0.5) is 11.4 Å². The number of nitrogens with zero attached hydrogens (tertiary/aromatic N) is 2. The highest BCUT2D eigenvalue weighted by molar-refractivity contribution is 5.94. The van der Waals surface area contributed by atoms with Gasteiger partial charge in [-0.15, -0.1) is 0 Å². The van der Waals surface area contributed by atoms with Gasteiger partial charge in [0, 0.05) is 30.0 Å². The summed E-state index contributed by atoms with van der Waals surface area (Å²) in [6, 6.07) is 9.84. The molecule has 110 valence electrons. The molecule has 3 rings (SSSR count). The van der Waals surface area contributed by atoms with E-state index >= 15 is 0 Å². The van der Waals surface area contributed by atoms with E-state index in [4.69, 9.17) is 0 Å². The van der Waals surface area contributed by atoms with Crippen LogP contribution in [-0.2, 0) is 17.9 Å². The Bertz CT molecular complexity index is 631. The third-order valence-electron chi connectivity index (χ3n) is 3.66. The summed E-state index contributed by atoms with van der Waals surface area (Å²) < 4.78 is 1.96. The van der Waals surface area contributed by atoms with Crippen molar-refractivity contribution >= 4 is 17.3 Å². The summed E-state index contributed by atoms with van der Waals surface area (Å²) in [5, 5.41) is 10.6. The third-order valence-corrected chi connectivity index (χ3v) is 3.66. The van der Waals surface area contributed by atoms with Crippen molar-refractivity contribution in [2.75, 3.05) is 10.6 Å². The minimum absolute atomic E-state index is 0.135. The molecule has 2 aromatic rings. The number of carbonyl (C=O) groups excluding carboxylic acids is 1. The molecule has 0 unspecified atom stereocenters. The Morgan fingerprint density at radius 3 is 2.90 bits per heavy atom. The maximum atomic E-state index is 11.8. The molecule has 1 aromatic heterocycles. The van der Waals surface area contributed by atoms with E-state index < -0.39 is 0 Å². The molecule has 0 aliphatic heterocycles. The molecule has 5 heteroatoms. The van der Waals surface area contributed by atoms with Crippen molar-refractivity contribution in [1.29, 1.82) is 0 Å². The number of aryl methyl sites for hydroxylation is 1. The van der Waals surface area contributed by atoms with E-state index in [2.05, 4.69) is 22.7 Å². The molecule has 1 heterocycles. The van der Waals surface area contributed by atoms with Crippen molar-refractivity contribution in [3.05, 3.63) is 42.2 Å². The van der Waals surface area contributed by atoms with E-state index in [1.165, 1.54) is 0 Å². The zero-order chi connectivity index (χ0) is 14.7. The fourth-order valence-electron chi connectivity index (χ4n) is 2.28. The second kappa shape index (κ2) is 5.99. The Labute approximate surface area is 124 Å². The number of nitrogens with one attached hydrogen (secondary N) is 2. The Balaban J connectivity index is 1.61. The van der Waals surface area contributed by atoms with Gasteiger partial charge in [0.25, 0.3) is 0 Å². The minimum atomic E-state index is 0.135. The summed E-state index contributed by atoms with van der Waals surface area (Å²) >= 11 is 0. The van der Waals surface area contributed by atoms with Gasteiger partial charge in [-0.3, -0.25) is 9.48 Å². The van der Waals surface area contributed by atoms with Crippen LogP contribution in [0.5, 0.6) is 0 Å². The van der Waals surface area contributed by atoms with Crippen molar-refractivity contribution in [3.8, 4) is 0 Å². The number of carbonyl (C=O) groups is 1. The van der Waals surface area contributed by atoms with Gasteiger partial charge < -0.3 is 10.6 Å². The lowest BCUT2D eigenvalue weighted by Crippen LogP contribution is -2.13. The highest BCUT2D eigenvalue weighted by atomic mass is 16.2. The standard InChI is InChI=1S/C16H20N4O/c1-2-20-15(8-9-18-20)11-17-13-4-3-5-14(10-13)19-16(21)12-6-7-12/h3-5,8-10,12,17H,2,6-7,11H2,1H3,(H,19,21). The SMILES string of the molecule is CCn1nccc1CNc1cccc(NC(=O)C2CC2)c1. The van der Waals surface area contributed by atoms with Crippen LogP contribution in [0, 0.1) is 5.92 Å². The lowest BCUT2D eigenvalue weighted by Gasteiger charge is -2.10. The first-order valence-electron chi connectivity index (χ1n) is 7.41. The smallest absolute Gasteiger partial charge is 0.227 e. The maximum Gasteiger partial charge on any atom is 0.227 e. The van der Waals surface area contributed by atoms with Gasteiger partial charge in [-0.2, -0.15) is 5.10 Å². The highest BCUT2D eigenvalue weighted by Gasteiger charge is 2.29. The van der Waals surface area contributed by atoms with Gasteiger partial charge in [-0.05, 0) is 44.0 Å². The average molecular weight is 284 g/mol. The minimum Gasteiger partial charge on any atom is -0.379 e. The Morgan fingerprint density at radius 1 is 1.33 bits per heavy atom. The first kappa shape index (κ1) is 13.7. The summed E-state index contributed by atoms with van der Waals surface area (Å²) in [5.41, 5.74) is 2.98. The summed E-state index contributed by atoms with van der Waals surface area (Å²) in [5.74, 6) is 0.358. The predicted molar refractivity (Wildman–Crippen MR) is 83.0 cm³/mol. The molecule has 0 atom stereocenters. The van der Waals surface area contributed by atoms with Gasteiger partial charge in [-0.25, -0.2) is 0 Å². The lowest BCUT2D eigenvalue weighted by molar-refractivity contribution is -0.117. The molecule has 0 bridgehead atoms. The molecule has 1 saturated carbocycles. The first-order chi connectivity index (χ1) is 10.3.